The van der Waals surface area contributed by atoms with E-state index in [1.54, 1.807) is 49.6 Å². The SMILES string of the molecule is CCCCNC(=O)[C@@H](Cc1ccccc1)N(Cc1c(Cl)cccc1Cl)C(=O)COc1ccc(OC)cc1. The van der Waals surface area contributed by atoms with Crippen molar-refractivity contribution in [3.05, 3.63) is 94.0 Å². The van der Waals surface area contributed by atoms with E-state index in [-0.39, 0.29) is 25.0 Å². The minimum absolute atomic E-state index is 0.0576. The highest BCUT2D eigenvalue weighted by Gasteiger charge is 2.31. The summed E-state index contributed by atoms with van der Waals surface area (Å²) in [6.07, 6.45) is 2.11. The van der Waals surface area contributed by atoms with Gasteiger partial charge in [-0.1, -0.05) is 72.9 Å². The van der Waals surface area contributed by atoms with E-state index >= 15 is 0 Å². The normalized spacial score (nSPS) is 11.5. The largest absolute Gasteiger partial charge is 0.497 e. The summed E-state index contributed by atoms with van der Waals surface area (Å²) in [5, 5.41) is 3.83. The Hall–Kier alpha value is -3.22. The molecule has 1 N–H and O–H groups in total. The average Bonchev–Trinajstić information content (AvgIpc) is 2.91. The number of hydrogen-bond donors (Lipinski definition) is 1. The number of nitrogens with one attached hydrogen (secondary N) is 1. The molecular weight excluding hydrogens is 511 g/mol. The quantitative estimate of drug-likeness (QED) is 0.271. The highest BCUT2D eigenvalue weighted by molar-refractivity contribution is 6.36. The fourth-order valence-electron chi connectivity index (χ4n) is 3.81. The van der Waals surface area contributed by atoms with Crippen LogP contribution in [0.25, 0.3) is 0 Å². The molecule has 0 bridgehead atoms. The Morgan fingerprint density at radius 2 is 1.57 bits per heavy atom. The Kier molecular flexibility index (Phi) is 11.1. The van der Waals surface area contributed by atoms with Gasteiger partial charge in [0.05, 0.1) is 7.11 Å². The Morgan fingerprint density at radius 1 is 0.919 bits per heavy atom. The lowest BCUT2D eigenvalue weighted by atomic mass is 10.0. The summed E-state index contributed by atoms with van der Waals surface area (Å²) in [5.41, 5.74) is 1.50. The van der Waals surface area contributed by atoms with E-state index in [0.717, 1.165) is 18.4 Å². The van der Waals surface area contributed by atoms with Crippen molar-refractivity contribution in [2.24, 2.45) is 0 Å². The van der Waals surface area contributed by atoms with Crippen LogP contribution in [0.4, 0.5) is 0 Å². The molecule has 0 aliphatic rings. The van der Waals surface area contributed by atoms with E-state index in [1.165, 1.54) is 4.90 Å². The predicted octanol–water partition coefficient (Wildman–Crippen LogP) is 5.94. The molecule has 1 atom stereocenters. The minimum Gasteiger partial charge on any atom is -0.497 e. The first kappa shape index (κ1) is 28.4. The number of methoxy groups -OCH3 is 1. The molecule has 196 valence electrons. The number of nitrogens with zero attached hydrogens (tertiary/aromatic N) is 1. The monoisotopic (exact) mass is 542 g/mol. The van der Waals surface area contributed by atoms with E-state index in [0.29, 0.717) is 40.1 Å². The highest BCUT2D eigenvalue weighted by Crippen LogP contribution is 2.27. The van der Waals surface area contributed by atoms with Gasteiger partial charge < -0.3 is 19.7 Å². The molecular formula is C29H32Cl2N2O4. The Morgan fingerprint density at radius 3 is 2.19 bits per heavy atom. The molecule has 0 aliphatic carbocycles. The Labute approximate surface area is 228 Å². The first-order valence-corrected chi connectivity index (χ1v) is 13.0. The lowest BCUT2D eigenvalue weighted by Crippen LogP contribution is -2.52. The van der Waals surface area contributed by atoms with Crippen LogP contribution in [0.15, 0.2) is 72.8 Å². The average molecular weight is 543 g/mol. The van der Waals surface area contributed by atoms with Crippen LogP contribution < -0.4 is 14.8 Å². The number of unbranched alkanes of at least 4 members (excludes halogenated alkanes) is 1. The lowest BCUT2D eigenvalue weighted by Gasteiger charge is -2.32. The van der Waals surface area contributed by atoms with Crippen molar-refractivity contribution >= 4 is 35.0 Å². The number of hydrogen-bond acceptors (Lipinski definition) is 4. The van der Waals surface area contributed by atoms with Crippen LogP contribution in [0.3, 0.4) is 0 Å². The van der Waals surface area contributed by atoms with Gasteiger partial charge in [0.15, 0.2) is 6.61 Å². The van der Waals surface area contributed by atoms with Gasteiger partial charge >= 0.3 is 0 Å². The van der Waals surface area contributed by atoms with Crippen LogP contribution in [0.1, 0.15) is 30.9 Å². The highest BCUT2D eigenvalue weighted by atomic mass is 35.5. The maximum absolute atomic E-state index is 13.6. The molecule has 6 nitrogen and oxygen atoms in total. The maximum atomic E-state index is 13.6. The molecule has 3 rings (SSSR count). The van der Waals surface area contributed by atoms with Gasteiger partial charge in [0, 0.05) is 35.1 Å². The molecule has 37 heavy (non-hydrogen) atoms. The summed E-state index contributed by atoms with van der Waals surface area (Å²) in [4.78, 5) is 28.6. The number of rotatable bonds is 13. The molecule has 8 heteroatoms. The summed E-state index contributed by atoms with van der Waals surface area (Å²) in [7, 11) is 1.58. The van der Waals surface area contributed by atoms with Gasteiger partial charge in [0.1, 0.15) is 17.5 Å². The number of ether oxygens (including phenoxy) is 2. The minimum atomic E-state index is -0.793. The fraction of sp³-hybridized carbons (Fsp3) is 0.310. The topological polar surface area (TPSA) is 67.9 Å². The third-order valence-corrected chi connectivity index (χ3v) is 6.62. The Balaban J connectivity index is 1.91. The molecule has 0 heterocycles. The van der Waals surface area contributed by atoms with Crippen LogP contribution in [-0.4, -0.2) is 43.0 Å². The molecule has 0 aliphatic heterocycles. The van der Waals surface area contributed by atoms with Crippen molar-refractivity contribution in [3.63, 3.8) is 0 Å². The molecule has 0 saturated carbocycles. The summed E-state index contributed by atoms with van der Waals surface area (Å²) in [5.74, 6) is 0.592. The van der Waals surface area contributed by atoms with Crippen molar-refractivity contribution < 1.29 is 19.1 Å². The van der Waals surface area contributed by atoms with Crippen molar-refractivity contribution in [3.8, 4) is 11.5 Å². The number of carbonyl (C=O) groups excluding carboxylic acids is 2. The first-order valence-electron chi connectivity index (χ1n) is 12.2. The second kappa shape index (κ2) is 14.5. The summed E-state index contributed by atoms with van der Waals surface area (Å²) < 4.78 is 11.0. The second-order valence-corrected chi connectivity index (χ2v) is 9.35. The van der Waals surface area contributed by atoms with Crippen LogP contribution in [0.5, 0.6) is 11.5 Å². The van der Waals surface area contributed by atoms with Crippen LogP contribution in [0, 0.1) is 0 Å². The summed E-state index contributed by atoms with van der Waals surface area (Å²) in [6.45, 7) is 2.38. The van der Waals surface area contributed by atoms with E-state index in [2.05, 4.69) is 12.2 Å². The smallest absolute Gasteiger partial charge is 0.261 e. The van der Waals surface area contributed by atoms with E-state index in [4.69, 9.17) is 32.7 Å². The van der Waals surface area contributed by atoms with Gasteiger partial charge in [0.2, 0.25) is 5.91 Å². The molecule has 0 fully saturated rings. The molecule has 0 saturated heterocycles. The van der Waals surface area contributed by atoms with Crippen LogP contribution in [-0.2, 0) is 22.6 Å². The van der Waals surface area contributed by atoms with Gasteiger partial charge in [-0.05, 0) is 48.4 Å². The van der Waals surface area contributed by atoms with Crippen molar-refractivity contribution in [2.75, 3.05) is 20.3 Å². The van der Waals surface area contributed by atoms with E-state index < -0.39 is 6.04 Å². The fourth-order valence-corrected chi connectivity index (χ4v) is 4.33. The van der Waals surface area contributed by atoms with Crippen LogP contribution in [0.2, 0.25) is 10.0 Å². The summed E-state index contributed by atoms with van der Waals surface area (Å²) in [6, 6.07) is 20.9. The van der Waals surface area contributed by atoms with Gasteiger partial charge in [-0.15, -0.1) is 0 Å². The van der Waals surface area contributed by atoms with Crippen molar-refractivity contribution in [1.29, 1.82) is 0 Å². The van der Waals surface area contributed by atoms with E-state index in [1.807, 2.05) is 30.3 Å². The Bertz CT molecular complexity index is 1140. The number of halogens is 2. The van der Waals surface area contributed by atoms with E-state index in [9.17, 15) is 9.59 Å². The zero-order chi connectivity index (χ0) is 26.6. The van der Waals surface area contributed by atoms with Crippen molar-refractivity contribution in [1.82, 2.24) is 10.2 Å². The molecule has 3 aromatic rings. The predicted molar refractivity (Wildman–Crippen MR) is 147 cm³/mol. The van der Waals surface area contributed by atoms with Gasteiger partial charge in [-0.25, -0.2) is 0 Å². The summed E-state index contributed by atoms with van der Waals surface area (Å²) >= 11 is 12.9. The number of carbonyl (C=O) groups is 2. The molecule has 0 radical (unpaired) electrons. The van der Waals surface area contributed by atoms with Crippen molar-refractivity contribution in [2.45, 2.75) is 38.8 Å². The van der Waals surface area contributed by atoms with Gasteiger partial charge in [-0.2, -0.15) is 0 Å². The lowest BCUT2D eigenvalue weighted by molar-refractivity contribution is -0.142. The molecule has 0 aromatic heterocycles. The zero-order valence-corrected chi connectivity index (χ0v) is 22.6. The first-order chi connectivity index (χ1) is 17.9. The molecule has 0 spiro atoms. The third kappa shape index (κ3) is 8.41. The molecule has 2 amide bonds. The second-order valence-electron chi connectivity index (χ2n) is 8.54. The maximum Gasteiger partial charge on any atom is 0.261 e. The molecule has 0 unspecified atom stereocenters. The zero-order valence-electron chi connectivity index (χ0n) is 21.1. The third-order valence-electron chi connectivity index (χ3n) is 5.91. The molecule has 3 aromatic carbocycles. The number of benzene rings is 3. The standard InChI is InChI=1S/C29H32Cl2N2O4/c1-3-4-17-32-29(35)27(18-21-9-6-5-7-10-21)33(19-24-25(30)11-8-12-26(24)31)28(34)20-37-23-15-13-22(36-2)14-16-23/h5-16,27H,3-4,17-20H2,1-2H3,(H,32,35)/t27-/m1/s1. The van der Waals surface area contributed by atoms with Crippen LogP contribution >= 0.6 is 23.2 Å². The van der Waals surface area contributed by atoms with Gasteiger partial charge in [0.25, 0.3) is 5.91 Å². The van der Waals surface area contributed by atoms with Gasteiger partial charge in [-0.3, -0.25) is 9.59 Å². The number of amides is 2.